The van der Waals surface area contributed by atoms with Gasteiger partial charge in [0.05, 0.1) is 80.7 Å². The van der Waals surface area contributed by atoms with Crippen molar-refractivity contribution in [1.29, 1.82) is 15.8 Å². The van der Waals surface area contributed by atoms with E-state index in [2.05, 4.69) is 51.6 Å². The van der Waals surface area contributed by atoms with Crippen molar-refractivity contribution in [3.05, 3.63) is 138 Å². The van der Waals surface area contributed by atoms with E-state index in [9.17, 15) is 15.8 Å². The van der Waals surface area contributed by atoms with Crippen LogP contribution in [0.15, 0.2) is 122 Å². The van der Waals surface area contributed by atoms with Crippen molar-refractivity contribution in [3.63, 3.8) is 0 Å². The molecule has 0 radical (unpaired) electrons. The fourth-order valence-corrected chi connectivity index (χ4v) is 6.46. The van der Waals surface area contributed by atoms with Gasteiger partial charge in [0.15, 0.2) is 0 Å². The van der Waals surface area contributed by atoms with Gasteiger partial charge in [-0.2, -0.15) is 15.8 Å². The van der Waals surface area contributed by atoms with Crippen LogP contribution in [0.25, 0.3) is 66.1 Å². The highest BCUT2D eigenvalue weighted by Crippen LogP contribution is 2.42. The van der Waals surface area contributed by atoms with E-state index in [1.165, 1.54) is 0 Å². The number of nitriles is 3. The first-order valence-corrected chi connectivity index (χ1v) is 14.1. The molecule has 8 rings (SSSR count). The van der Waals surface area contributed by atoms with Gasteiger partial charge in [-0.1, -0.05) is 54.6 Å². The second kappa shape index (κ2) is 9.71. The smallest absolute Gasteiger partial charge is 0.0998 e. The van der Waals surface area contributed by atoms with E-state index in [-0.39, 0.29) is 0 Å². The van der Waals surface area contributed by atoms with Crippen LogP contribution in [0, 0.1) is 34.0 Å². The average molecular weight is 561 g/mol. The summed E-state index contributed by atoms with van der Waals surface area (Å²) in [5, 5.41) is 33.6. The van der Waals surface area contributed by atoms with Gasteiger partial charge in [0.25, 0.3) is 0 Å². The Morgan fingerprint density at radius 2 is 0.955 bits per heavy atom. The predicted octanol–water partition coefficient (Wildman–Crippen LogP) is 8.56. The second-order valence-electron chi connectivity index (χ2n) is 10.6. The van der Waals surface area contributed by atoms with Crippen LogP contribution in [0.2, 0.25) is 0 Å². The van der Waals surface area contributed by atoms with Crippen molar-refractivity contribution >= 4 is 43.6 Å². The number of hydrogen-bond acceptors (Lipinski definition) is 4. The Morgan fingerprint density at radius 1 is 0.477 bits per heavy atom. The molecule has 0 spiro atoms. The number of pyridine rings is 1. The van der Waals surface area contributed by atoms with Crippen molar-refractivity contribution in [1.82, 2.24) is 14.1 Å². The van der Waals surface area contributed by atoms with Crippen LogP contribution >= 0.6 is 0 Å². The number of fused-ring (bicyclic) bond motifs is 6. The molecular formula is C38H20N6. The lowest BCUT2D eigenvalue weighted by Gasteiger charge is -2.20. The van der Waals surface area contributed by atoms with Crippen LogP contribution in [0.3, 0.4) is 0 Å². The highest BCUT2D eigenvalue weighted by atomic mass is 15.0. The number of benzene rings is 5. The fraction of sp³-hybridized carbons (Fsp3) is 0. The lowest BCUT2D eigenvalue weighted by molar-refractivity contribution is 1.09. The number of hydrogen-bond donors (Lipinski definition) is 0. The minimum Gasteiger partial charge on any atom is -0.307 e. The summed E-state index contributed by atoms with van der Waals surface area (Å²) >= 11 is 0. The van der Waals surface area contributed by atoms with Crippen LogP contribution in [0.5, 0.6) is 0 Å². The van der Waals surface area contributed by atoms with Crippen LogP contribution in [0.4, 0.5) is 0 Å². The van der Waals surface area contributed by atoms with Crippen molar-refractivity contribution < 1.29 is 0 Å². The molecule has 3 aromatic heterocycles. The molecule has 6 nitrogen and oxygen atoms in total. The summed E-state index contributed by atoms with van der Waals surface area (Å²) in [4.78, 5) is 4.80. The Morgan fingerprint density at radius 3 is 1.48 bits per heavy atom. The van der Waals surface area contributed by atoms with Gasteiger partial charge in [-0.25, -0.2) is 0 Å². The van der Waals surface area contributed by atoms with Gasteiger partial charge >= 0.3 is 0 Å². The van der Waals surface area contributed by atoms with E-state index >= 15 is 0 Å². The lowest BCUT2D eigenvalue weighted by atomic mass is 9.97. The van der Waals surface area contributed by atoms with Gasteiger partial charge in [0.1, 0.15) is 0 Å². The molecule has 0 aliphatic rings. The predicted molar refractivity (Wildman–Crippen MR) is 172 cm³/mol. The number of aromatic nitrogens is 3. The summed E-state index contributed by atoms with van der Waals surface area (Å²) < 4.78 is 4.35. The maximum atomic E-state index is 10.3. The van der Waals surface area contributed by atoms with Gasteiger partial charge in [-0.05, 0) is 54.6 Å². The first-order valence-electron chi connectivity index (χ1n) is 14.1. The van der Waals surface area contributed by atoms with Crippen LogP contribution in [-0.2, 0) is 0 Å². The third-order valence-electron chi connectivity index (χ3n) is 8.31. The normalized spacial score (nSPS) is 11.1. The molecule has 0 fully saturated rings. The summed E-state index contributed by atoms with van der Waals surface area (Å²) in [5.41, 5.74) is 8.75. The molecule has 0 saturated heterocycles. The van der Waals surface area contributed by atoms with E-state index in [4.69, 9.17) is 4.98 Å². The van der Waals surface area contributed by atoms with Crippen molar-refractivity contribution in [2.24, 2.45) is 0 Å². The molecule has 0 aliphatic carbocycles. The van der Waals surface area contributed by atoms with Crippen molar-refractivity contribution in [2.75, 3.05) is 0 Å². The molecule has 0 saturated carbocycles. The van der Waals surface area contributed by atoms with E-state index in [1.54, 1.807) is 0 Å². The number of para-hydroxylation sites is 2. The molecule has 8 aromatic rings. The molecule has 0 amide bonds. The Kier molecular flexibility index (Phi) is 5.53. The zero-order valence-electron chi connectivity index (χ0n) is 23.2. The molecule has 0 unspecified atom stereocenters. The minimum atomic E-state index is 0.543. The maximum Gasteiger partial charge on any atom is 0.0998 e. The average Bonchev–Trinajstić information content (AvgIpc) is 3.59. The molecule has 0 bridgehead atoms. The minimum absolute atomic E-state index is 0.543. The molecule has 5 aromatic carbocycles. The number of rotatable bonds is 3. The number of nitrogens with zero attached hydrogens (tertiary/aromatic N) is 6. The van der Waals surface area contributed by atoms with Gasteiger partial charge < -0.3 is 9.13 Å². The van der Waals surface area contributed by atoms with Crippen molar-refractivity contribution in [2.45, 2.75) is 0 Å². The maximum absolute atomic E-state index is 10.3. The zero-order valence-corrected chi connectivity index (χ0v) is 23.2. The molecule has 44 heavy (non-hydrogen) atoms. The Balaban J connectivity index is 1.57. The summed E-state index contributed by atoms with van der Waals surface area (Å²) in [6, 6.07) is 42.3. The molecule has 3 heterocycles. The third kappa shape index (κ3) is 3.55. The molecule has 6 heteroatoms. The third-order valence-corrected chi connectivity index (χ3v) is 8.31. The van der Waals surface area contributed by atoms with E-state index in [0.29, 0.717) is 16.7 Å². The standard InChI is InChI=1S/C38H20N6/c39-19-24-13-15-34-30(17-24)28-9-3-5-11-32(28)43(34)36-22-42-23-37(38(36)27-8-2-1-7-26(27)21-41)44-33-12-6-4-10-29(33)31-18-25(20-40)14-16-35(31)44/h1-18,22-23H. The molecule has 202 valence electrons. The van der Waals surface area contributed by atoms with Gasteiger partial charge in [-0.15, -0.1) is 0 Å². The summed E-state index contributed by atoms with van der Waals surface area (Å²) in [6.07, 6.45) is 3.69. The molecule has 0 N–H and O–H groups in total. The zero-order chi connectivity index (χ0) is 29.8. The Labute approximate surface area is 252 Å². The van der Waals surface area contributed by atoms with Gasteiger partial charge in [0, 0.05) is 32.7 Å². The largest absolute Gasteiger partial charge is 0.307 e. The monoisotopic (exact) mass is 560 g/mol. The summed E-state index contributed by atoms with van der Waals surface area (Å²) in [5.74, 6) is 0. The molecule has 0 atom stereocenters. The highest BCUT2D eigenvalue weighted by Gasteiger charge is 2.23. The summed E-state index contributed by atoms with van der Waals surface area (Å²) in [7, 11) is 0. The van der Waals surface area contributed by atoms with Gasteiger partial charge in [-0.3, -0.25) is 4.98 Å². The Bertz CT molecular complexity index is 2450. The highest BCUT2D eigenvalue weighted by molar-refractivity contribution is 6.12. The second-order valence-corrected chi connectivity index (χ2v) is 10.6. The van der Waals surface area contributed by atoms with Crippen LogP contribution in [0.1, 0.15) is 16.7 Å². The SMILES string of the molecule is N#Cc1ccc2c(c1)c1ccccc1n2-c1cncc(-n2c3ccccc3c3cc(C#N)ccc32)c1-c1ccccc1C#N. The van der Waals surface area contributed by atoms with Crippen molar-refractivity contribution in [3.8, 4) is 40.7 Å². The summed E-state index contributed by atoms with van der Waals surface area (Å²) in [6.45, 7) is 0. The quantitative estimate of drug-likeness (QED) is 0.216. The topological polar surface area (TPSA) is 94.1 Å². The molecule has 0 aliphatic heterocycles. The Hall–Kier alpha value is -6.68. The first-order chi connectivity index (χ1) is 21.7. The lowest BCUT2D eigenvalue weighted by Crippen LogP contribution is -2.05. The van der Waals surface area contributed by atoms with Crippen LogP contribution in [-0.4, -0.2) is 14.1 Å². The van der Waals surface area contributed by atoms with E-state index in [0.717, 1.165) is 66.1 Å². The fourth-order valence-electron chi connectivity index (χ4n) is 6.46. The van der Waals surface area contributed by atoms with Crippen LogP contribution < -0.4 is 0 Å². The van der Waals surface area contributed by atoms with Gasteiger partial charge in [0.2, 0.25) is 0 Å². The first kappa shape index (κ1) is 25.1. The molecular weight excluding hydrogens is 540 g/mol. The van der Waals surface area contributed by atoms with E-state index in [1.807, 2.05) is 97.3 Å². The van der Waals surface area contributed by atoms with E-state index < -0.39 is 0 Å².